The molecule has 88 valence electrons. The molecule has 1 unspecified atom stereocenters. The van der Waals surface area contributed by atoms with Crippen LogP contribution in [0.4, 0.5) is 5.95 Å². The number of aryl methyl sites for hydroxylation is 1. The van der Waals surface area contributed by atoms with Crippen LogP contribution in [0.3, 0.4) is 0 Å². The molecule has 16 heavy (non-hydrogen) atoms. The van der Waals surface area contributed by atoms with Gasteiger partial charge >= 0.3 is 0 Å². The molecule has 1 saturated carbocycles. The molecule has 0 spiro atoms. The number of nitrogens with zero attached hydrogens (tertiary/aromatic N) is 3. The topological polar surface area (TPSA) is 68.8 Å². The minimum Gasteiger partial charge on any atom is -0.354 e. The maximum atomic E-state index is 5.51. The van der Waals surface area contributed by atoms with Crippen molar-refractivity contribution in [3.8, 4) is 0 Å². The highest BCUT2D eigenvalue weighted by Gasteiger charge is 2.36. The number of aromatic nitrogens is 3. The van der Waals surface area contributed by atoms with E-state index < -0.39 is 0 Å². The van der Waals surface area contributed by atoms with E-state index in [2.05, 4.69) is 20.1 Å². The number of nitrogens with one attached hydrogen (secondary N) is 1. The minimum atomic E-state index is 0.593. The fourth-order valence-electron chi connectivity index (χ4n) is 2.46. The number of fused-ring (bicyclic) bond motifs is 1. The predicted molar refractivity (Wildman–Crippen MR) is 62.3 cm³/mol. The highest BCUT2D eigenvalue weighted by Crippen LogP contribution is 2.43. The molecule has 5 nitrogen and oxygen atoms in total. The van der Waals surface area contributed by atoms with Gasteiger partial charge < -0.3 is 11.1 Å². The molecule has 0 aromatic carbocycles. The van der Waals surface area contributed by atoms with Crippen molar-refractivity contribution in [1.29, 1.82) is 0 Å². The number of hydrogen-bond donors (Lipinski definition) is 2. The summed E-state index contributed by atoms with van der Waals surface area (Å²) in [5.41, 5.74) is 5.51. The van der Waals surface area contributed by atoms with E-state index in [1.54, 1.807) is 0 Å². The van der Waals surface area contributed by atoms with Crippen LogP contribution in [-0.4, -0.2) is 27.9 Å². The molecule has 1 fully saturated rings. The molecule has 2 aliphatic rings. The van der Waals surface area contributed by atoms with E-state index in [-0.39, 0.29) is 0 Å². The predicted octanol–water partition coefficient (Wildman–Crippen LogP) is 0.936. The third kappa shape index (κ3) is 1.80. The normalized spacial score (nSPS) is 23.9. The molecule has 3 rings (SSSR count). The van der Waals surface area contributed by atoms with Gasteiger partial charge in [0, 0.05) is 13.0 Å². The summed E-state index contributed by atoms with van der Waals surface area (Å²) in [6.07, 6.45) is 5.79. The van der Waals surface area contributed by atoms with Gasteiger partial charge in [-0.3, -0.25) is 0 Å². The summed E-state index contributed by atoms with van der Waals surface area (Å²) in [5, 5.41) is 7.95. The van der Waals surface area contributed by atoms with Crippen molar-refractivity contribution in [2.24, 2.45) is 11.7 Å². The molecule has 1 aromatic heterocycles. The van der Waals surface area contributed by atoms with Crippen LogP contribution < -0.4 is 11.1 Å². The minimum absolute atomic E-state index is 0.593. The van der Waals surface area contributed by atoms with Crippen LogP contribution in [0.5, 0.6) is 0 Å². The first-order valence-electron chi connectivity index (χ1n) is 6.28. The quantitative estimate of drug-likeness (QED) is 0.794. The third-order valence-electron chi connectivity index (χ3n) is 3.48. The Morgan fingerprint density at radius 1 is 1.38 bits per heavy atom. The van der Waals surface area contributed by atoms with Gasteiger partial charge in [0.25, 0.3) is 0 Å². The summed E-state index contributed by atoms with van der Waals surface area (Å²) < 4.78 is 2.12. The lowest BCUT2D eigenvalue weighted by Crippen LogP contribution is -2.25. The molecule has 0 amide bonds. The van der Waals surface area contributed by atoms with Gasteiger partial charge in [-0.05, 0) is 38.1 Å². The molecule has 0 radical (unpaired) electrons. The average molecular weight is 221 g/mol. The number of nitrogens with two attached hydrogens (primary N) is 1. The molecule has 0 bridgehead atoms. The average Bonchev–Trinajstić information content (AvgIpc) is 3.05. The van der Waals surface area contributed by atoms with Crippen molar-refractivity contribution in [2.45, 2.75) is 38.1 Å². The summed E-state index contributed by atoms with van der Waals surface area (Å²) in [4.78, 5) is 4.53. The standard InChI is InChI=1S/C11H19N5/c12-6-1-2-10-14-11-13-7-5-9(8-3-4-8)16(11)15-10/h8-9H,1-7,12H2,(H,13,14,15). The van der Waals surface area contributed by atoms with Crippen molar-refractivity contribution >= 4 is 5.95 Å². The van der Waals surface area contributed by atoms with E-state index in [0.717, 1.165) is 37.1 Å². The third-order valence-corrected chi connectivity index (χ3v) is 3.48. The second-order valence-electron chi connectivity index (χ2n) is 4.81. The molecular formula is C11H19N5. The molecule has 1 atom stereocenters. The van der Waals surface area contributed by atoms with Crippen molar-refractivity contribution in [1.82, 2.24) is 14.8 Å². The van der Waals surface area contributed by atoms with E-state index in [1.165, 1.54) is 19.3 Å². The smallest absolute Gasteiger partial charge is 0.221 e. The molecule has 1 aromatic rings. The number of rotatable bonds is 4. The van der Waals surface area contributed by atoms with Gasteiger partial charge in [-0.25, -0.2) is 4.68 Å². The molecule has 0 saturated heterocycles. The van der Waals surface area contributed by atoms with Crippen LogP contribution in [0.25, 0.3) is 0 Å². The molecule has 3 N–H and O–H groups in total. The fourth-order valence-corrected chi connectivity index (χ4v) is 2.46. The van der Waals surface area contributed by atoms with Crippen LogP contribution in [0.2, 0.25) is 0 Å². The van der Waals surface area contributed by atoms with E-state index >= 15 is 0 Å². The Balaban J connectivity index is 1.80. The Bertz CT molecular complexity index is 368. The zero-order chi connectivity index (χ0) is 11.0. The molecule has 1 aliphatic heterocycles. The first-order valence-corrected chi connectivity index (χ1v) is 6.28. The first-order chi connectivity index (χ1) is 7.88. The zero-order valence-electron chi connectivity index (χ0n) is 9.52. The molecule has 1 aliphatic carbocycles. The second-order valence-corrected chi connectivity index (χ2v) is 4.81. The number of anilines is 1. The Kier molecular flexibility index (Phi) is 2.55. The summed E-state index contributed by atoms with van der Waals surface area (Å²) >= 11 is 0. The van der Waals surface area contributed by atoms with Crippen molar-refractivity contribution in [2.75, 3.05) is 18.4 Å². The molecular weight excluding hydrogens is 202 g/mol. The van der Waals surface area contributed by atoms with E-state index in [0.29, 0.717) is 12.6 Å². The van der Waals surface area contributed by atoms with Gasteiger partial charge in [-0.1, -0.05) is 0 Å². The van der Waals surface area contributed by atoms with E-state index in [9.17, 15) is 0 Å². The summed E-state index contributed by atoms with van der Waals surface area (Å²) in [5.74, 6) is 2.76. The van der Waals surface area contributed by atoms with Crippen LogP contribution >= 0.6 is 0 Å². The highest BCUT2D eigenvalue weighted by molar-refractivity contribution is 5.28. The summed E-state index contributed by atoms with van der Waals surface area (Å²) in [6.45, 7) is 1.75. The monoisotopic (exact) mass is 221 g/mol. The molecule has 2 heterocycles. The van der Waals surface area contributed by atoms with Crippen LogP contribution in [0.15, 0.2) is 0 Å². The van der Waals surface area contributed by atoms with Crippen molar-refractivity contribution in [3.05, 3.63) is 5.82 Å². The van der Waals surface area contributed by atoms with Gasteiger partial charge in [0.05, 0.1) is 6.04 Å². The maximum Gasteiger partial charge on any atom is 0.221 e. The van der Waals surface area contributed by atoms with Crippen molar-refractivity contribution in [3.63, 3.8) is 0 Å². The SMILES string of the molecule is NCCCc1nc2n(n1)C(C1CC1)CCN2. The summed E-state index contributed by atoms with van der Waals surface area (Å²) in [7, 11) is 0. The van der Waals surface area contributed by atoms with Gasteiger partial charge in [0.15, 0.2) is 5.82 Å². The summed E-state index contributed by atoms with van der Waals surface area (Å²) in [6, 6.07) is 0.593. The van der Waals surface area contributed by atoms with Gasteiger partial charge in [-0.2, -0.15) is 10.1 Å². The number of hydrogen-bond acceptors (Lipinski definition) is 4. The van der Waals surface area contributed by atoms with Gasteiger partial charge in [0.1, 0.15) is 0 Å². The Hall–Kier alpha value is -1.10. The first kappa shape index (κ1) is 10.1. The van der Waals surface area contributed by atoms with Crippen LogP contribution in [0.1, 0.15) is 37.5 Å². The van der Waals surface area contributed by atoms with Crippen LogP contribution in [0, 0.1) is 5.92 Å². The van der Waals surface area contributed by atoms with E-state index in [1.807, 2.05) is 0 Å². The van der Waals surface area contributed by atoms with Gasteiger partial charge in [-0.15, -0.1) is 0 Å². The second kappa shape index (κ2) is 4.05. The lowest BCUT2D eigenvalue weighted by Gasteiger charge is -2.23. The largest absolute Gasteiger partial charge is 0.354 e. The maximum absolute atomic E-state index is 5.51. The Morgan fingerprint density at radius 3 is 3.00 bits per heavy atom. The van der Waals surface area contributed by atoms with E-state index in [4.69, 9.17) is 5.73 Å². The highest BCUT2D eigenvalue weighted by atomic mass is 15.4. The molecule has 5 heteroatoms. The Morgan fingerprint density at radius 2 is 2.25 bits per heavy atom. The van der Waals surface area contributed by atoms with Crippen LogP contribution in [-0.2, 0) is 6.42 Å². The Labute approximate surface area is 95.4 Å². The lowest BCUT2D eigenvalue weighted by atomic mass is 10.1. The zero-order valence-corrected chi connectivity index (χ0v) is 9.52. The lowest BCUT2D eigenvalue weighted by molar-refractivity contribution is 0.372. The van der Waals surface area contributed by atoms with Crippen molar-refractivity contribution < 1.29 is 0 Å². The van der Waals surface area contributed by atoms with Gasteiger partial charge in [0.2, 0.25) is 5.95 Å². The fraction of sp³-hybridized carbons (Fsp3) is 0.818.